The molecule has 2 N–H and O–H groups in total. The summed E-state index contributed by atoms with van der Waals surface area (Å²) in [5, 5.41) is 9.07. The Morgan fingerprint density at radius 1 is 1.00 bits per heavy atom. The van der Waals surface area contributed by atoms with Gasteiger partial charge in [-0.15, -0.1) is 0 Å². The van der Waals surface area contributed by atoms with E-state index in [1.807, 2.05) is 0 Å². The van der Waals surface area contributed by atoms with Crippen LogP contribution >= 0.6 is 0 Å². The third-order valence-corrected chi connectivity index (χ3v) is 4.14. The Hall–Kier alpha value is -3.43. The Labute approximate surface area is 163 Å². The maximum Gasteiger partial charge on any atom is 0.432 e. The summed E-state index contributed by atoms with van der Waals surface area (Å²) >= 11 is 0. The number of ether oxygens (including phenoxy) is 1. The van der Waals surface area contributed by atoms with Gasteiger partial charge >= 0.3 is 18.2 Å². The number of H-pyrrole nitrogens is 1. The van der Waals surface area contributed by atoms with E-state index in [0.717, 1.165) is 11.8 Å². The molecule has 0 unspecified atom stereocenters. The zero-order valence-corrected chi connectivity index (χ0v) is 15.5. The predicted molar refractivity (Wildman–Crippen MR) is 97.0 cm³/mol. The number of aromatic amines is 1. The number of hydrogen-bond acceptors (Lipinski definition) is 5. The van der Waals surface area contributed by atoms with Gasteiger partial charge < -0.3 is 14.8 Å². The summed E-state index contributed by atoms with van der Waals surface area (Å²) in [6, 6.07) is 6.73. The second kappa shape index (κ2) is 7.53. The fraction of sp³-hybridized carbons (Fsp3) is 0.263. The summed E-state index contributed by atoms with van der Waals surface area (Å²) in [6.45, 7) is 2.98. The molecule has 0 saturated heterocycles. The van der Waals surface area contributed by atoms with Crippen LogP contribution in [-0.4, -0.2) is 37.6 Å². The SMILES string of the molecule is CC(C)(COc1ncc(-c2ccc(-c3ncc(C(F)(F)F)[nH]3)cc2)cn1)C(=O)O. The van der Waals surface area contributed by atoms with Gasteiger partial charge in [-0.25, -0.2) is 15.0 Å². The van der Waals surface area contributed by atoms with Gasteiger partial charge in [-0.05, 0) is 19.4 Å². The third kappa shape index (κ3) is 4.71. The van der Waals surface area contributed by atoms with Crippen LogP contribution in [0.25, 0.3) is 22.5 Å². The van der Waals surface area contributed by atoms with Gasteiger partial charge in [-0.1, -0.05) is 24.3 Å². The zero-order valence-electron chi connectivity index (χ0n) is 15.5. The van der Waals surface area contributed by atoms with Crippen molar-refractivity contribution in [3.05, 3.63) is 48.5 Å². The normalized spacial score (nSPS) is 12.0. The number of aromatic nitrogens is 4. The number of alkyl halides is 3. The minimum Gasteiger partial charge on any atom is -0.481 e. The molecule has 0 saturated carbocycles. The molecule has 3 aromatic rings. The van der Waals surface area contributed by atoms with Crippen molar-refractivity contribution in [1.29, 1.82) is 0 Å². The Kier molecular flexibility index (Phi) is 5.27. The molecule has 0 aliphatic rings. The highest BCUT2D eigenvalue weighted by Crippen LogP contribution is 2.30. The van der Waals surface area contributed by atoms with Crippen molar-refractivity contribution in [2.24, 2.45) is 5.41 Å². The Balaban J connectivity index is 1.70. The number of carboxylic acid groups (broad SMARTS) is 1. The van der Waals surface area contributed by atoms with Gasteiger partial charge in [0.15, 0.2) is 0 Å². The number of halogens is 3. The first-order valence-electron chi connectivity index (χ1n) is 8.47. The van der Waals surface area contributed by atoms with Gasteiger partial charge in [-0.2, -0.15) is 13.2 Å². The first-order valence-corrected chi connectivity index (χ1v) is 8.47. The zero-order chi connectivity index (χ0) is 21.2. The second-order valence-corrected chi connectivity index (χ2v) is 6.95. The molecule has 0 aliphatic carbocycles. The number of carbonyl (C=O) groups is 1. The number of aliphatic carboxylic acids is 1. The van der Waals surface area contributed by atoms with Crippen LogP contribution in [-0.2, 0) is 11.0 Å². The number of benzene rings is 1. The summed E-state index contributed by atoms with van der Waals surface area (Å²) in [5.41, 5.74) is -0.0753. The standard InChI is InChI=1S/C19H17F3N4O3/c1-18(2,16(27)28)10-29-17-24-7-13(8-25-17)11-3-5-12(6-4-11)15-23-9-14(26-15)19(20,21)22/h3-9H,10H2,1-2H3,(H,23,26)(H,27,28). The van der Waals surface area contributed by atoms with Crippen LogP contribution in [0.15, 0.2) is 42.9 Å². The van der Waals surface area contributed by atoms with E-state index in [1.54, 1.807) is 24.3 Å². The number of nitrogens with zero attached hydrogens (tertiary/aromatic N) is 3. The summed E-state index contributed by atoms with van der Waals surface area (Å²) < 4.78 is 43.3. The number of rotatable bonds is 6. The maximum absolute atomic E-state index is 12.7. The monoisotopic (exact) mass is 406 g/mol. The molecule has 10 heteroatoms. The van der Waals surface area contributed by atoms with Crippen molar-refractivity contribution in [3.63, 3.8) is 0 Å². The van der Waals surface area contributed by atoms with Crippen molar-refractivity contribution < 1.29 is 27.8 Å². The van der Waals surface area contributed by atoms with Crippen LogP contribution in [0.4, 0.5) is 13.2 Å². The topological polar surface area (TPSA) is 101 Å². The van der Waals surface area contributed by atoms with Crippen LogP contribution in [0.2, 0.25) is 0 Å². The molecule has 0 bridgehead atoms. The van der Waals surface area contributed by atoms with Crippen LogP contribution in [0.3, 0.4) is 0 Å². The minimum absolute atomic E-state index is 0.0509. The molecule has 0 amide bonds. The minimum atomic E-state index is -4.48. The highest BCUT2D eigenvalue weighted by Gasteiger charge is 2.33. The van der Waals surface area contributed by atoms with Crippen molar-refractivity contribution in [2.75, 3.05) is 6.61 Å². The second-order valence-electron chi connectivity index (χ2n) is 6.95. The molecular formula is C19H17F3N4O3. The maximum atomic E-state index is 12.7. The molecule has 29 heavy (non-hydrogen) atoms. The molecule has 7 nitrogen and oxygen atoms in total. The van der Waals surface area contributed by atoms with Gasteiger partial charge in [0.05, 0.1) is 11.6 Å². The van der Waals surface area contributed by atoms with Crippen LogP contribution in [0, 0.1) is 5.41 Å². The van der Waals surface area contributed by atoms with E-state index < -0.39 is 23.3 Å². The van der Waals surface area contributed by atoms with E-state index >= 15 is 0 Å². The Bertz CT molecular complexity index is 997. The number of carboxylic acids is 1. The van der Waals surface area contributed by atoms with Crippen LogP contribution < -0.4 is 4.74 Å². The quantitative estimate of drug-likeness (QED) is 0.641. The van der Waals surface area contributed by atoms with Gasteiger partial charge in [0.1, 0.15) is 18.1 Å². The van der Waals surface area contributed by atoms with E-state index in [0.29, 0.717) is 11.1 Å². The lowest BCUT2D eigenvalue weighted by Gasteiger charge is -2.18. The fourth-order valence-electron chi connectivity index (χ4n) is 2.28. The molecule has 0 radical (unpaired) electrons. The van der Waals surface area contributed by atoms with Crippen molar-refractivity contribution >= 4 is 5.97 Å². The molecule has 3 rings (SSSR count). The molecular weight excluding hydrogens is 389 g/mol. The molecule has 1 aromatic carbocycles. The van der Waals surface area contributed by atoms with Gasteiger partial charge in [-0.3, -0.25) is 4.79 Å². The van der Waals surface area contributed by atoms with E-state index in [2.05, 4.69) is 19.9 Å². The number of hydrogen-bond donors (Lipinski definition) is 2. The highest BCUT2D eigenvalue weighted by molar-refractivity contribution is 5.73. The fourth-order valence-corrected chi connectivity index (χ4v) is 2.28. The van der Waals surface area contributed by atoms with Crippen molar-refractivity contribution in [3.8, 4) is 28.5 Å². The summed E-state index contributed by atoms with van der Waals surface area (Å²) in [7, 11) is 0. The third-order valence-electron chi connectivity index (χ3n) is 4.14. The molecule has 0 atom stereocenters. The number of nitrogens with one attached hydrogen (secondary N) is 1. The Morgan fingerprint density at radius 2 is 1.59 bits per heavy atom. The molecule has 2 aromatic heterocycles. The summed E-state index contributed by atoms with van der Waals surface area (Å²) in [6.07, 6.45) is -0.701. The Morgan fingerprint density at radius 3 is 2.10 bits per heavy atom. The lowest BCUT2D eigenvalue weighted by atomic mass is 9.95. The lowest BCUT2D eigenvalue weighted by Crippen LogP contribution is -2.31. The average molecular weight is 406 g/mol. The smallest absolute Gasteiger partial charge is 0.432 e. The van der Waals surface area contributed by atoms with Crippen molar-refractivity contribution in [1.82, 2.24) is 19.9 Å². The van der Waals surface area contributed by atoms with E-state index in [1.165, 1.54) is 26.2 Å². The van der Waals surface area contributed by atoms with E-state index in [4.69, 9.17) is 9.84 Å². The molecule has 0 fully saturated rings. The highest BCUT2D eigenvalue weighted by atomic mass is 19.4. The van der Waals surface area contributed by atoms with Gasteiger partial charge in [0.2, 0.25) is 0 Å². The van der Waals surface area contributed by atoms with Crippen LogP contribution in [0.5, 0.6) is 6.01 Å². The van der Waals surface area contributed by atoms with Gasteiger partial charge in [0.25, 0.3) is 0 Å². The lowest BCUT2D eigenvalue weighted by molar-refractivity contribution is -0.148. The van der Waals surface area contributed by atoms with Crippen LogP contribution in [0.1, 0.15) is 19.5 Å². The van der Waals surface area contributed by atoms with E-state index in [9.17, 15) is 18.0 Å². The molecule has 152 valence electrons. The largest absolute Gasteiger partial charge is 0.481 e. The molecule has 0 spiro atoms. The average Bonchev–Trinajstić information content (AvgIpc) is 3.18. The first kappa shape index (κ1) is 20.3. The van der Waals surface area contributed by atoms with Gasteiger partial charge in [0, 0.05) is 23.5 Å². The predicted octanol–water partition coefficient (Wildman–Crippen LogP) is 4.04. The number of imidazole rings is 1. The van der Waals surface area contributed by atoms with E-state index in [-0.39, 0.29) is 18.4 Å². The van der Waals surface area contributed by atoms with Crippen molar-refractivity contribution in [2.45, 2.75) is 20.0 Å². The summed E-state index contributed by atoms with van der Waals surface area (Å²) in [5.74, 6) is -0.877. The molecule has 2 heterocycles. The summed E-state index contributed by atoms with van der Waals surface area (Å²) in [4.78, 5) is 25.2. The molecule has 0 aliphatic heterocycles. The first-order chi connectivity index (χ1) is 13.6.